The van der Waals surface area contributed by atoms with E-state index >= 15 is 0 Å². The summed E-state index contributed by atoms with van der Waals surface area (Å²) in [5.41, 5.74) is 0.935. The van der Waals surface area contributed by atoms with E-state index in [1.807, 2.05) is 24.3 Å². The molecule has 2 aromatic rings. The molecule has 0 radical (unpaired) electrons. The molecule has 1 N–H and O–H groups in total. The number of rotatable bonds is 6. The summed E-state index contributed by atoms with van der Waals surface area (Å²) in [5, 5.41) is 3.29. The van der Waals surface area contributed by atoms with Crippen LogP contribution in [0.5, 0.6) is 5.75 Å². The lowest BCUT2D eigenvalue weighted by Gasteiger charge is -2.31. The minimum atomic E-state index is -3.83. The van der Waals surface area contributed by atoms with Crippen LogP contribution >= 0.6 is 23.2 Å². The topological polar surface area (TPSA) is 75.7 Å². The van der Waals surface area contributed by atoms with Crippen molar-refractivity contribution in [3.63, 3.8) is 0 Å². The van der Waals surface area contributed by atoms with Gasteiger partial charge in [0.15, 0.2) is 0 Å². The van der Waals surface area contributed by atoms with Crippen LogP contribution in [0.15, 0.2) is 47.4 Å². The molecule has 1 heterocycles. The second-order valence-electron chi connectivity index (χ2n) is 6.84. The van der Waals surface area contributed by atoms with E-state index in [-0.39, 0.29) is 22.4 Å². The fourth-order valence-electron chi connectivity index (χ4n) is 3.27. The predicted molar refractivity (Wildman–Crippen MR) is 113 cm³/mol. The van der Waals surface area contributed by atoms with Gasteiger partial charge in [0.1, 0.15) is 10.6 Å². The van der Waals surface area contributed by atoms with E-state index in [0.29, 0.717) is 31.0 Å². The van der Waals surface area contributed by atoms with Crippen LogP contribution in [0.2, 0.25) is 10.0 Å². The smallest absolute Gasteiger partial charge is 0.244 e. The van der Waals surface area contributed by atoms with Gasteiger partial charge in [0.2, 0.25) is 15.9 Å². The molecule has 156 valence electrons. The highest BCUT2D eigenvalue weighted by molar-refractivity contribution is 7.89. The molecule has 0 saturated carbocycles. The van der Waals surface area contributed by atoms with Gasteiger partial charge in [-0.1, -0.05) is 35.3 Å². The molecule has 2 aromatic carbocycles. The van der Waals surface area contributed by atoms with Crippen molar-refractivity contribution < 1.29 is 17.9 Å². The Bertz CT molecular complexity index is 980. The third kappa shape index (κ3) is 5.22. The fraction of sp³-hybridized carbons (Fsp3) is 0.350. The van der Waals surface area contributed by atoms with Crippen LogP contribution in [-0.4, -0.2) is 38.8 Å². The number of hydrogen-bond acceptors (Lipinski definition) is 4. The Morgan fingerprint density at radius 1 is 1.21 bits per heavy atom. The first-order chi connectivity index (χ1) is 13.8. The van der Waals surface area contributed by atoms with Gasteiger partial charge in [0, 0.05) is 24.7 Å². The van der Waals surface area contributed by atoms with E-state index < -0.39 is 15.9 Å². The lowest BCUT2D eigenvalue weighted by Crippen LogP contribution is -2.45. The van der Waals surface area contributed by atoms with Crippen LogP contribution in [0.4, 0.5) is 0 Å². The Morgan fingerprint density at radius 2 is 1.93 bits per heavy atom. The van der Waals surface area contributed by atoms with Gasteiger partial charge in [-0.25, -0.2) is 8.42 Å². The van der Waals surface area contributed by atoms with E-state index in [1.54, 1.807) is 7.11 Å². The average molecular weight is 457 g/mol. The fourth-order valence-corrected chi connectivity index (χ4v) is 5.53. The quantitative estimate of drug-likeness (QED) is 0.718. The highest BCUT2D eigenvalue weighted by Crippen LogP contribution is 2.30. The van der Waals surface area contributed by atoms with Gasteiger partial charge in [0.25, 0.3) is 0 Å². The van der Waals surface area contributed by atoms with Crippen molar-refractivity contribution in [2.45, 2.75) is 24.3 Å². The monoisotopic (exact) mass is 456 g/mol. The van der Waals surface area contributed by atoms with Crippen molar-refractivity contribution in [3.8, 4) is 5.75 Å². The molecule has 3 rings (SSSR count). The zero-order valence-corrected chi connectivity index (χ0v) is 18.2. The Kier molecular flexibility index (Phi) is 7.05. The summed E-state index contributed by atoms with van der Waals surface area (Å²) in [6.45, 7) is 0.819. The number of methoxy groups -OCH3 is 1. The van der Waals surface area contributed by atoms with Gasteiger partial charge in [0.05, 0.1) is 18.1 Å². The number of nitrogens with one attached hydrogen (secondary N) is 1. The van der Waals surface area contributed by atoms with Gasteiger partial charge < -0.3 is 10.1 Å². The second-order valence-corrected chi connectivity index (χ2v) is 9.59. The molecule has 1 saturated heterocycles. The molecule has 0 spiro atoms. The van der Waals surface area contributed by atoms with E-state index in [0.717, 1.165) is 11.3 Å². The minimum absolute atomic E-state index is 0.0362. The summed E-state index contributed by atoms with van der Waals surface area (Å²) in [5.74, 6) is 0.153. The summed E-state index contributed by atoms with van der Waals surface area (Å²) in [6, 6.07) is 11.7. The third-order valence-corrected chi connectivity index (χ3v) is 7.47. The van der Waals surface area contributed by atoms with Crippen LogP contribution in [0.3, 0.4) is 0 Å². The zero-order valence-electron chi connectivity index (χ0n) is 15.9. The molecule has 0 unspecified atom stereocenters. The predicted octanol–water partition coefficient (Wildman–Crippen LogP) is 3.72. The van der Waals surface area contributed by atoms with Crippen LogP contribution in [0.1, 0.15) is 18.4 Å². The molecule has 9 heteroatoms. The number of sulfonamides is 1. The molecule has 1 atom stereocenters. The van der Waals surface area contributed by atoms with E-state index in [2.05, 4.69) is 5.32 Å². The summed E-state index contributed by atoms with van der Waals surface area (Å²) < 4.78 is 32.4. The van der Waals surface area contributed by atoms with Crippen molar-refractivity contribution in [2.75, 3.05) is 20.2 Å². The highest BCUT2D eigenvalue weighted by Gasteiger charge is 2.34. The minimum Gasteiger partial charge on any atom is -0.497 e. The van der Waals surface area contributed by atoms with Gasteiger partial charge in [-0.05, 0) is 48.7 Å². The molecule has 1 fully saturated rings. The van der Waals surface area contributed by atoms with Gasteiger partial charge in [-0.15, -0.1) is 0 Å². The molecular weight excluding hydrogens is 435 g/mol. The third-order valence-electron chi connectivity index (χ3n) is 4.89. The number of ether oxygens (including phenoxy) is 1. The lowest BCUT2D eigenvalue weighted by molar-refractivity contribution is -0.126. The zero-order chi connectivity index (χ0) is 21.0. The summed E-state index contributed by atoms with van der Waals surface area (Å²) in [7, 11) is -2.24. The largest absolute Gasteiger partial charge is 0.497 e. The number of nitrogens with zero attached hydrogens (tertiary/aromatic N) is 1. The maximum Gasteiger partial charge on any atom is 0.244 e. The second kappa shape index (κ2) is 9.34. The number of halogens is 2. The SMILES string of the molecule is COc1ccc(CNC(=O)[C@H]2CCCN(S(=O)(=O)c3cc(Cl)ccc3Cl)C2)cc1. The summed E-state index contributed by atoms with van der Waals surface area (Å²) in [6.07, 6.45) is 1.22. The molecule has 0 bridgehead atoms. The van der Waals surface area contributed by atoms with Crippen molar-refractivity contribution in [1.29, 1.82) is 0 Å². The number of benzene rings is 2. The van der Waals surface area contributed by atoms with Gasteiger partial charge >= 0.3 is 0 Å². The molecule has 0 aromatic heterocycles. The Hall–Kier alpha value is -1.80. The highest BCUT2D eigenvalue weighted by atomic mass is 35.5. The van der Waals surface area contributed by atoms with Gasteiger partial charge in [-0.3, -0.25) is 4.79 Å². The first-order valence-electron chi connectivity index (χ1n) is 9.17. The molecule has 29 heavy (non-hydrogen) atoms. The number of carbonyl (C=O) groups is 1. The normalized spacial score (nSPS) is 17.7. The van der Waals surface area contributed by atoms with Crippen LogP contribution in [0.25, 0.3) is 0 Å². The Balaban J connectivity index is 1.66. The van der Waals surface area contributed by atoms with Crippen LogP contribution in [0, 0.1) is 5.92 Å². The van der Waals surface area contributed by atoms with E-state index in [9.17, 15) is 13.2 Å². The van der Waals surface area contributed by atoms with Crippen LogP contribution < -0.4 is 10.1 Å². The number of hydrogen-bond donors (Lipinski definition) is 1. The first-order valence-corrected chi connectivity index (χ1v) is 11.4. The van der Waals surface area contributed by atoms with Crippen molar-refractivity contribution in [1.82, 2.24) is 9.62 Å². The Labute approximate surface area is 180 Å². The van der Waals surface area contributed by atoms with Crippen LogP contribution in [-0.2, 0) is 21.4 Å². The average Bonchev–Trinajstić information content (AvgIpc) is 2.74. The van der Waals surface area contributed by atoms with Crippen molar-refractivity contribution in [2.24, 2.45) is 5.92 Å². The number of piperidine rings is 1. The standard InChI is InChI=1S/C20H22Cl2N2O4S/c1-28-17-7-4-14(5-8-17)12-23-20(25)15-3-2-10-24(13-15)29(26,27)19-11-16(21)6-9-18(19)22/h4-9,11,15H,2-3,10,12-13H2,1H3,(H,23,25)/t15-/m0/s1. The molecule has 1 aliphatic heterocycles. The lowest BCUT2D eigenvalue weighted by atomic mass is 9.99. The maximum absolute atomic E-state index is 13.0. The first kappa shape index (κ1) is 21.9. The molecule has 0 aliphatic carbocycles. The number of amides is 1. The van der Waals surface area contributed by atoms with E-state index in [4.69, 9.17) is 27.9 Å². The Morgan fingerprint density at radius 3 is 2.62 bits per heavy atom. The molecule has 6 nitrogen and oxygen atoms in total. The van der Waals surface area contributed by atoms with E-state index in [1.165, 1.54) is 22.5 Å². The number of carbonyl (C=O) groups excluding carboxylic acids is 1. The maximum atomic E-state index is 13.0. The van der Waals surface area contributed by atoms with Gasteiger partial charge in [-0.2, -0.15) is 4.31 Å². The summed E-state index contributed by atoms with van der Waals surface area (Å²) in [4.78, 5) is 12.6. The molecule has 1 amide bonds. The molecular formula is C20H22Cl2N2O4S. The summed E-state index contributed by atoms with van der Waals surface area (Å²) >= 11 is 12.0. The van der Waals surface area contributed by atoms with Crippen molar-refractivity contribution >= 4 is 39.1 Å². The molecule has 1 aliphatic rings. The van der Waals surface area contributed by atoms with Crippen molar-refractivity contribution in [3.05, 3.63) is 58.1 Å².